The molecule has 0 spiro atoms. The molecule has 2 aromatic carbocycles. The van der Waals surface area contributed by atoms with Crippen LogP contribution in [-0.4, -0.2) is 48.3 Å². The van der Waals surface area contributed by atoms with Gasteiger partial charge in [0.1, 0.15) is 5.75 Å². The third-order valence-electron chi connectivity index (χ3n) is 5.93. The second-order valence-corrected chi connectivity index (χ2v) is 8.29. The molecule has 8 nitrogen and oxygen atoms in total. The first-order valence-corrected chi connectivity index (χ1v) is 11.3. The second kappa shape index (κ2) is 10.4. The zero-order valence-corrected chi connectivity index (χ0v) is 18.7. The van der Waals surface area contributed by atoms with Gasteiger partial charge in [-0.05, 0) is 54.5 Å². The van der Waals surface area contributed by atoms with Gasteiger partial charge in [0.25, 0.3) is 5.91 Å². The standard InChI is InChI=1S/C25H30N4O4/c1-26-25(32)28-13-16-10-17-6-4-5-9-33-23(17)21(11-16)24(31)29-19(15-30)12-18-14-27-22-8-3-2-7-20(18)22/h2-3,7-8,10-11,14,19,27,30H,4-6,9,12-13,15H2,1H3,(H,29,31)(H2,26,28,32)/t19-/m1/s1. The van der Waals surface area contributed by atoms with Gasteiger partial charge in [-0.25, -0.2) is 4.79 Å². The summed E-state index contributed by atoms with van der Waals surface area (Å²) in [5.41, 5.74) is 4.27. The number of aromatic nitrogens is 1. The van der Waals surface area contributed by atoms with Crippen molar-refractivity contribution in [2.24, 2.45) is 0 Å². The first kappa shape index (κ1) is 22.7. The number of aliphatic hydroxyl groups is 1. The molecule has 2 heterocycles. The Hall–Kier alpha value is -3.52. The number of ether oxygens (including phenoxy) is 1. The number of nitrogens with one attached hydrogen (secondary N) is 4. The fraction of sp³-hybridized carbons (Fsp3) is 0.360. The van der Waals surface area contributed by atoms with E-state index < -0.39 is 6.04 Å². The molecule has 4 rings (SSSR count). The number of aryl methyl sites for hydroxylation is 1. The van der Waals surface area contributed by atoms with Crippen LogP contribution in [0.4, 0.5) is 4.79 Å². The van der Waals surface area contributed by atoms with Crippen molar-refractivity contribution in [3.63, 3.8) is 0 Å². The molecule has 0 aliphatic carbocycles. The number of carbonyl (C=O) groups excluding carboxylic acids is 2. The number of fused-ring (bicyclic) bond motifs is 2. The van der Waals surface area contributed by atoms with Crippen LogP contribution in [0.2, 0.25) is 0 Å². The van der Waals surface area contributed by atoms with Crippen molar-refractivity contribution < 1.29 is 19.4 Å². The van der Waals surface area contributed by atoms with E-state index in [0.717, 1.165) is 46.9 Å². The number of urea groups is 1. The molecular formula is C25H30N4O4. The predicted molar refractivity (Wildman–Crippen MR) is 127 cm³/mol. The van der Waals surface area contributed by atoms with Crippen molar-refractivity contribution in [3.05, 3.63) is 64.8 Å². The van der Waals surface area contributed by atoms with E-state index in [4.69, 9.17) is 4.74 Å². The van der Waals surface area contributed by atoms with Crippen molar-refractivity contribution in [3.8, 4) is 5.75 Å². The minimum atomic E-state index is -0.453. The molecule has 3 amide bonds. The monoisotopic (exact) mass is 450 g/mol. The van der Waals surface area contributed by atoms with E-state index in [1.54, 1.807) is 13.1 Å². The fourth-order valence-electron chi connectivity index (χ4n) is 4.23. The van der Waals surface area contributed by atoms with Crippen molar-refractivity contribution in [1.82, 2.24) is 20.9 Å². The van der Waals surface area contributed by atoms with Gasteiger partial charge < -0.3 is 30.8 Å². The summed E-state index contributed by atoms with van der Waals surface area (Å²) in [5.74, 6) is 0.298. The number of para-hydroxylation sites is 1. The number of rotatable bonds is 7. The minimum Gasteiger partial charge on any atom is -0.492 e. The van der Waals surface area contributed by atoms with Gasteiger partial charge in [0.2, 0.25) is 0 Å². The average Bonchev–Trinajstić information content (AvgIpc) is 3.09. The lowest BCUT2D eigenvalue weighted by atomic mass is 9.99. The molecule has 5 N–H and O–H groups in total. The largest absolute Gasteiger partial charge is 0.492 e. The molecule has 1 aliphatic rings. The van der Waals surface area contributed by atoms with Gasteiger partial charge in [0.15, 0.2) is 0 Å². The van der Waals surface area contributed by atoms with Crippen LogP contribution in [0.1, 0.15) is 39.9 Å². The maximum absolute atomic E-state index is 13.3. The van der Waals surface area contributed by atoms with Crippen LogP contribution in [0.5, 0.6) is 5.75 Å². The predicted octanol–water partition coefficient (Wildman–Crippen LogP) is 2.65. The molecule has 0 radical (unpaired) electrons. The van der Waals surface area contributed by atoms with Crippen LogP contribution in [0.25, 0.3) is 10.9 Å². The Morgan fingerprint density at radius 2 is 2.06 bits per heavy atom. The highest BCUT2D eigenvalue weighted by Crippen LogP contribution is 2.30. The average molecular weight is 451 g/mol. The van der Waals surface area contributed by atoms with E-state index in [1.165, 1.54) is 0 Å². The van der Waals surface area contributed by atoms with Gasteiger partial charge in [-0.2, -0.15) is 0 Å². The first-order valence-electron chi connectivity index (χ1n) is 11.3. The third kappa shape index (κ3) is 5.28. The van der Waals surface area contributed by atoms with E-state index in [0.29, 0.717) is 30.9 Å². The Labute approximate surface area is 192 Å². The number of benzene rings is 2. The smallest absolute Gasteiger partial charge is 0.314 e. The molecular weight excluding hydrogens is 420 g/mol. The number of hydrogen-bond acceptors (Lipinski definition) is 4. The minimum absolute atomic E-state index is 0.188. The molecule has 0 unspecified atom stereocenters. The molecule has 0 fully saturated rings. The molecule has 0 saturated heterocycles. The van der Waals surface area contributed by atoms with Crippen molar-refractivity contribution in [2.75, 3.05) is 20.3 Å². The molecule has 174 valence electrons. The number of H-pyrrole nitrogens is 1. The van der Waals surface area contributed by atoms with Crippen LogP contribution in [0.3, 0.4) is 0 Å². The molecule has 1 atom stereocenters. The Balaban J connectivity index is 1.56. The Bertz CT molecular complexity index is 1140. The summed E-state index contributed by atoms with van der Waals surface area (Å²) < 4.78 is 5.95. The maximum atomic E-state index is 13.3. The molecule has 33 heavy (non-hydrogen) atoms. The second-order valence-electron chi connectivity index (χ2n) is 8.29. The van der Waals surface area contributed by atoms with Gasteiger partial charge in [-0.15, -0.1) is 0 Å². The van der Waals surface area contributed by atoms with E-state index in [-0.39, 0.29) is 18.5 Å². The summed E-state index contributed by atoms with van der Waals surface area (Å²) >= 11 is 0. The number of aromatic amines is 1. The van der Waals surface area contributed by atoms with Gasteiger partial charge in [0.05, 0.1) is 24.8 Å². The van der Waals surface area contributed by atoms with Gasteiger partial charge in [-0.1, -0.05) is 24.3 Å². The fourth-order valence-corrected chi connectivity index (χ4v) is 4.23. The number of amides is 3. The van der Waals surface area contributed by atoms with E-state index >= 15 is 0 Å². The normalized spacial score (nSPS) is 14.0. The molecule has 1 aliphatic heterocycles. The highest BCUT2D eigenvalue weighted by atomic mass is 16.5. The van der Waals surface area contributed by atoms with Crippen LogP contribution in [-0.2, 0) is 19.4 Å². The lowest BCUT2D eigenvalue weighted by Gasteiger charge is -2.19. The lowest BCUT2D eigenvalue weighted by molar-refractivity contribution is 0.0912. The summed E-state index contributed by atoms with van der Waals surface area (Å²) in [5, 5.41) is 19.3. The summed E-state index contributed by atoms with van der Waals surface area (Å²) in [6.45, 7) is 0.667. The summed E-state index contributed by atoms with van der Waals surface area (Å²) in [7, 11) is 1.56. The van der Waals surface area contributed by atoms with Gasteiger partial charge in [0, 0.05) is 30.7 Å². The zero-order chi connectivity index (χ0) is 23.2. The summed E-state index contributed by atoms with van der Waals surface area (Å²) in [6.07, 6.45) is 5.11. The molecule has 3 aromatic rings. The summed E-state index contributed by atoms with van der Waals surface area (Å²) in [6, 6.07) is 11.0. The molecule has 0 bridgehead atoms. The Morgan fingerprint density at radius 1 is 1.21 bits per heavy atom. The van der Waals surface area contributed by atoms with Crippen molar-refractivity contribution in [2.45, 2.75) is 38.3 Å². The number of hydrogen-bond donors (Lipinski definition) is 5. The zero-order valence-electron chi connectivity index (χ0n) is 18.7. The van der Waals surface area contributed by atoms with E-state index in [1.807, 2.05) is 36.5 Å². The molecule has 0 saturated carbocycles. The third-order valence-corrected chi connectivity index (χ3v) is 5.93. The topological polar surface area (TPSA) is 115 Å². The van der Waals surface area contributed by atoms with Crippen LogP contribution < -0.4 is 20.7 Å². The maximum Gasteiger partial charge on any atom is 0.314 e. The van der Waals surface area contributed by atoms with Gasteiger partial charge in [-0.3, -0.25) is 4.79 Å². The van der Waals surface area contributed by atoms with Crippen LogP contribution >= 0.6 is 0 Å². The lowest BCUT2D eigenvalue weighted by Crippen LogP contribution is -2.39. The van der Waals surface area contributed by atoms with Gasteiger partial charge >= 0.3 is 6.03 Å². The quantitative estimate of drug-likeness (QED) is 0.381. The van der Waals surface area contributed by atoms with Crippen LogP contribution in [0.15, 0.2) is 42.6 Å². The van der Waals surface area contributed by atoms with Crippen molar-refractivity contribution in [1.29, 1.82) is 0 Å². The highest BCUT2D eigenvalue weighted by molar-refractivity contribution is 5.98. The molecule has 8 heteroatoms. The van der Waals surface area contributed by atoms with Crippen molar-refractivity contribution >= 4 is 22.8 Å². The molecule has 1 aromatic heterocycles. The van der Waals surface area contributed by atoms with E-state index in [2.05, 4.69) is 20.9 Å². The number of aliphatic hydroxyl groups excluding tert-OH is 1. The SMILES string of the molecule is CNC(=O)NCc1cc2c(c(C(=O)N[C@@H](CO)Cc3c[nH]c4ccccc34)c1)OCCCC2. The Kier molecular flexibility index (Phi) is 7.14. The number of carbonyl (C=O) groups is 2. The first-order chi connectivity index (χ1) is 16.1. The van der Waals surface area contributed by atoms with E-state index in [9.17, 15) is 14.7 Å². The Morgan fingerprint density at radius 3 is 2.88 bits per heavy atom. The highest BCUT2D eigenvalue weighted by Gasteiger charge is 2.23. The summed E-state index contributed by atoms with van der Waals surface area (Å²) in [4.78, 5) is 28.2. The van der Waals surface area contributed by atoms with Crippen LogP contribution in [0, 0.1) is 0 Å².